The van der Waals surface area contributed by atoms with Crippen LogP contribution in [0, 0.1) is 5.92 Å². The van der Waals surface area contributed by atoms with E-state index < -0.39 is 0 Å². The maximum Gasteiger partial charge on any atom is 0.0465 e. The van der Waals surface area contributed by atoms with E-state index in [1.165, 1.54) is 50.5 Å². The summed E-state index contributed by atoms with van der Waals surface area (Å²) >= 11 is 5.96. The Balaban J connectivity index is 1.66. The number of ether oxygens (including phenoxy) is 1. The van der Waals surface area contributed by atoms with Gasteiger partial charge in [0, 0.05) is 18.2 Å². The van der Waals surface area contributed by atoms with Gasteiger partial charge in [0.2, 0.25) is 0 Å². The number of benzene rings is 1. The Hall–Kier alpha value is -0.530. The van der Waals surface area contributed by atoms with E-state index in [2.05, 4.69) is 19.1 Å². The number of halogens is 1. The highest BCUT2D eigenvalue weighted by Gasteiger charge is 2.21. The summed E-state index contributed by atoms with van der Waals surface area (Å²) in [6.07, 6.45) is 9.42. The van der Waals surface area contributed by atoms with Crippen LogP contribution in [0.1, 0.15) is 63.4 Å². The minimum atomic E-state index is 0.756. The van der Waals surface area contributed by atoms with Crippen LogP contribution in [0.3, 0.4) is 0 Å². The molecule has 1 nitrogen and oxygen atoms in total. The summed E-state index contributed by atoms with van der Waals surface area (Å²) in [6, 6.07) is 8.46. The largest absolute Gasteiger partial charge is 0.382 e. The van der Waals surface area contributed by atoms with Gasteiger partial charge in [-0.25, -0.2) is 0 Å². The molecule has 0 spiro atoms. The van der Waals surface area contributed by atoms with Crippen molar-refractivity contribution in [3.05, 3.63) is 34.9 Å². The average molecular weight is 295 g/mol. The lowest BCUT2D eigenvalue weighted by Crippen LogP contribution is -2.13. The Morgan fingerprint density at radius 3 is 2.40 bits per heavy atom. The molecule has 1 saturated carbocycles. The summed E-state index contributed by atoms with van der Waals surface area (Å²) in [5, 5.41) is 0.844. The fourth-order valence-electron chi connectivity index (χ4n) is 3.30. The van der Waals surface area contributed by atoms with E-state index in [1.807, 2.05) is 12.1 Å². The van der Waals surface area contributed by atoms with Gasteiger partial charge in [-0.15, -0.1) is 0 Å². The van der Waals surface area contributed by atoms with Gasteiger partial charge in [0.1, 0.15) is 0 Å². The van der Waals surface area contributed by atoms with E-state index in [0.717, 1.165) is 30.1 Å². The van der Waals surface area contributed by atoms with Gasteiger partial charge in [0.25, 0.3) is 0 Å². The normalized spacial score (nSPS) is 22.9. The SMILES string of the molecule is CCOCCCC[C@H]1CC[C@H](c2ccc(Cl)cc2)CC1. The van der Waals surface area contributed by atoms with Crippen molar-refractivity contribution >= 4 is 11.6 Å². The first-order valence-corrected chi connectivity index (χ1v) is 8.50. The van der Waals surface area contributed by atoms with E-state index in [0.29, 0.717) is 0 Å². The van der Waals surface area contributed by atoms with Gasteiger partial charge in [-0.2, -0.15) is 0 Å². The van der Waals surface area contributed by atoms with E-state index in [9.17, 15) is 0 Å². The molecule has 20 heavy (non-hydrogen) atoms. The average Bonchev–Trinajstić information content (AvgIpc) is 2.49. The minimum absolute atomic E-state index is 0.756. The Labute approximate surface area is 128 Å². The lowest BCUT2D eigenvalue weighted by molar-refractivity contribution is 0.140. The van der Waals surface area contributed by atoms with Crippen LogP contribution in [-0.4, -0.2) is 13.2 Å². The number of rotatable bonds is 7. The van der Waals surface area contributed by atoms with Crippen molar-refractivity contribution in [2.24, 2.45) is 5.92 Å². The van der Waals surface area contributed by atoms with Gasteiger partial charge in [0.05, 0.1) is 0 Å². The van der Waals surface area contributed by atoms with Crippen LogP contribution in [-0.2, 0) is 4.74 Å². The zero-order chi connectivity index (χ0) is 14.2. The predicted molar refractivity (Wildman–Crippen MR) is 86.5 cm³/mol. The highest BCUT2D eigenvalue weighted by molar-refractivity contribution is 6.30. The first-order chi connectivity index (χ1) is 9.79. The summed E-state index contributed by atoms with van der Waals surface area (Å²) < 4.78 is 5.40. The molecule has 0 heterocycles. The highest BCUT2D eigenvalue weighted by Crippen LogP contribution is 2.37. The van der Waals surface area contributed by atoms with Crippen LogP contribution >= 0.6 is 11.6 Å². The Morgan fingerprint density at radius 1 is 1.05 bits per heavy atom. The second-order valence-corrected chi connectivity index (χ2v) is 6.40. The van der Waals surface area contributed by atoms with Crippen molar-refractivity contribution in [2.45, 2.75) is 57.8 Å². The van der Waals surface area contributed by atoms with Crippen LogP contribution in [0.2, 0.25) is 5.02 Å². The second-order valence-electron chi connectivity index (χ2n) is 5.96. The van der Waals surface area contributed by atoms with E-state index in [-0.39, 0.29) is 0 Å². The second kappa shape index (κ2) is 8.69. The summed E-state index contributed by atoms with van der Waals surface area (Å²) in [4.78, 5) is 0. The molecule has 0 radical (unpaired) electrons. The predicted octanol–water partition coefficient (Wildman–Crippen LogP) is 5.82. The van der Waals surface area contributed by atoms with E-state index in [1.54, 1.807) is 0 Å². The molecule has 0 saturated heterocycles. The zero-order valence-electron chi connectivity index (χ0n) is 12.6. The molecular weight excluding hydrogens is 268 g/mol. The molecule has 1 aliphatic rings. The van der Waals surface area contributed by atoms with Crippen molar-refractivity contribution in [3.63, 3.8) is 0 Å². The van der Waals surface area contributed by atoms with Crippen LogP contribution in [0.4, 0.5) is 0 Å². The fraction of sp³-hybridized carbons (Fsp3) is 0.667. The molecule has 0 N–H and O–H groups in total. The van der Waals surface area contributed by atoms with Crippen molar-refractivity contribution in [3.8, 4) is 0 Å². The Bertz CT molecular complexity index is 366. The van der Waals surface area contributed by atoms with Crippen LogP contribution < -0.4 is 0 Å². The van der Waals surface area contributed by atoms with Gasteiger partial charge in [-0.3, -0.25) is 0 Å². The molecule has 0 amide bonds. The lowest BCUT2D eigenvalue weighted by atomic mass is 9.77. The molecule has 0 bridgehead atoms. The smallest absolute Gasteiger partial charge is 0.0465 e. The number of unbranched alkanes of at least 4 members (excludes halogenated alkanes) is 1. The van der Waals surface area contributed by atoms with E-state index >= 15 is 0 Å². The van der Waals surface area contributed by atoms with Gasteiger partial charge in [-0.05, 0) is 68.6 Å². The van der Waals surface area contributed by atoms with Crippen LogP contribution in [0.15, 0.2) is 24.3 Å². The summed E-state index contributed by atoms with van der Waals surface area (Å²) in [6.45, 7) is 3.86. The fourth-order valence-corrected chi connectivity index (χ4v) is 3.43. The topological polar surface area (TPSA) is 9.23 Å². The van der Waals surface area contributed by atoms with Gasteiger partial charge in [0.15, 0.2) is 0 Å². The Kier molecular flexibility index (Phi) is 6.89. The number of hydrogen-bond acceptors (Lipinski definition) is 1. The molecule has 1 aromatic rings. The zero-order valence-corrected chi connectivity index (χ0v) is 13.4. The van der Waals surface area contributed by atoms with Crippen molar-refractivity contribution in [2.75, 3.05) is 13.2 Å². The molecule has 1 aromatic carbocycles. The maximum absolute atomic E-state index is 5.96. The lowest BCUT2D eigenvalue weighted by Gasteiger charge is -2.29. The molecule has 0 aromatic heterocycles. The molecule has 0 aliphatic heterocycles. The third-order valence-corrected chi connectivity index (χ3v) is 4.80. The number of hydrogen-bond donors (Lipinski definition) is 0. The van der Waals surface area contributed by atoms with Gasteiger partial charge < -0.3 is 4.74 Å². The van der Waals surface area contributed by atoms with Crippen LogP contribution in [0.5, 0.6) is 0 Å². The molecule has 112 valence electrons. The highest BCUT2D eigenvalue weighted by atomic mass is 35.5. The Morgan fingerprint density at radius 2 is 1.75 bits per heavy atom. The summed E-state index contributed by atoms with van der Waals surface area (Å²) in [5.74, 6) is 1.70. The standard InChI is InChI=1S/C18H27ClO/c1-2-20-14-4-3-5-15-6-8-16(9-7-15)17-10-12-18(19)13-11-17/h10-13,15-16H,2-9,14H2,1H3/t15-,16-. The molecule has 2 heteroatoms. The van der Waals surface area contributed by atoms with E-state index in [4.69, 9.17) is 16.3 Å². The minimum Gasteiger partial charge on any atom is -0.382 e. The summed E-state index contributed by atoms with van der Waals surface area (Å²) in [7, 11) is 0. The monoisotopic (exact) mass is 294 g/mol. The molecule has 1 aliphatic carbocycles. The van der Waals surface area contributed by atoms with Gasteiger partial charge >= 0.3 is 0 Å². The molecule has 0 unspecified atom stereocenters. The van der Waals surface area contributed by atoms with Gasteiger partial charge in [-0.1, -0.05) is 36.6 Å². The van der Waals surface area contributed by atoms with Crippen molar-refractivity contribution < 1.29 is 4.74 Å². The molecule has 0 atom stereocenters. The first-order valence-electron chi connectivity index (χ1n) is 8.12. The van der Waals surface area contributed by atoms with Crippen molar-refractivity contribution in [1.29, 1.82) is 0 Å². The quantitative estimate of drug-likeness (QED) is 0.576. The molecule has 1 fully saturated rings. The molecule has 2 rings (SSSR count). The third kappa shape index (κ3) is 5.10. The van der Waals surface area contributed by atoms with Crippen molar-refractivity contribution in [1.82, 2.24) is 0 Å². The van der Waals surface area contributed by atoms with Crippen LogP contribution in [0.25, 0.3) is 0 Å². The first kappa shape index (κ1) is 15.9. The molecular formula is C18H27ClO. The summed E-state index contributed by atoms with van der Waals surface area (Å²) in [5.41, 5.74) is 1.48. The third-order valence-electron chi connectivity index (χ3n) is 4.54. The maximum atomic E-state index is 5.96.